The number of likely N-dealkylation sites (tertiary alicyclic amines) is 1. The summed E-state index contributed by atoms with van der Waals surface area (Å²) in [6.45, 7) is 14.3. The number of rotatable bonds is 9. The number of nitrogens with one attached hydrogen (secondary N) is 1. The number of ether oxygens (including phenoxy) is 3. The average Bonchev–Trinajstić information content (AvgIpc) is 3.25. The van der Waals surface area contributed by atoms with Crippen molar-refractivity contribution in [2.45, 2.75) is 77.7 Å². The number of carbonyl (C=O) groups is 2. The van der Waals surface area contributed by atoms with Crippen LogP contribution < -0.4 is 5.32 Å². The monoisotopic (exact) mass is 566 g/mol. The molecule has 0 bridgehead atoms. The lowest BCUT2D eigenvalue weighted by atomic mass is 10.1. The summed E-state index contributed by atoms with van der Waals surface area (Å²) in [6.07, 6.45) is 4.28. The Bertz CT molecular complexity index is 1120. The van der Waals surface area contributed by atoms with Crippen molar-refractivity contribution < 1.29 is 23.8 Å². The van der Waals surface area contributed by atoms with Crippen LogP contribution in [0.4, 0.5) is 10.7 Å². The number of amides is 1. The summed E-state index contributed by atoms with van der Waals surface area (Å²) in [7, 11) is 0.0745. The molecule has 3 rings (SSSR count). The molecule has 0 aromatic carbocycles. The first-order valence-electron chi connectivity index (χ1n) is 12.8. The van der Waals surface area contributed by atoms with Crippen LogP contribution in [0, 0.1) is 0 Å². The number of methoxy groups -OCH3 is 1. The molecule has 2 aromatic heterocycles. The minimum Gasteiger partial charge on any atom is -0.464 e. The van der Waals surface area contributed by atoms with Crippen molar-refractivity contribution in [3.05, 3.63) is 23.1 Å². The molecule has 0 spiro atoms. The summed E-state index contributed by atoms with van der Waals surface area (Å²) in [4.78, 5) is 35.5. The van der Waals surface area contributed by atoms with Crippen LogP contribution in [0.25, 0.3) is 11.3 Å². The van der Waals surface area contributed by atoms with Gasteiger partial charge in [0, 0.05) is 40.0 Å². The van der Waals surface area contributed by atoms with Crippen LogP contribution in [0.15, 0.2) is 12.4 Å². The lowest BCUT2D eigenvalue weighted by Crippen LogP contribution is -2.44. The maximum absolute atomic E-state index is 12.5. The van der Waals surface area contributed by atoms with Crippen molar-refractivity contribution in [3.8, 4) is 11.3 Å². The predicted molar refractivity (Wildman–Crippen MR) is 148 cm³/mol. The van der Waals surface area contributed by atoms with Crippen LogP contribution in [-0.4, -0.2) is 83.2 Å². The summed E-state index contributed by atoms with van der Waals surface area (Å²) in [5.41, 5.74) is 0.361. The second-order valence-electron chi connectivity index (χ2n) is 11.5. The Hall–Kier alpha value is -2.70. The van der Waals surface area contributed by atoms with Crippen molar-refractivity contribution in [1.82, 2.24) is 24.6 Å². The highest BCUT2D eigenvalue weighted by molar-refractivity contribution is 6.76. The van der Waals surface area contributed by atoms with Gasteiger partial charge >= 0.3 is 12.1 Å². The largest absolute Gasteiger partial charge is 0.464 e. The number of halogens is 1. The van der Waals surface area contributed by atoms with E-state index in [-0.39, 0.29) is 29.6 Å². The Morgan fingerprint density at radius 1 is 1.21 bits per heavy atom. The number of nitrogens with zero attached hydrogens (tertiary/aromatic N) is 5. The molecule has 38 heavy (non-hydrogen) atoms. The minimum absolute atomic E-state index is 0.0604. The number of esters is 1. The number of hydrogen-bond donors (Lipinski definition) is 1. The molecule has 1 aliphatic heterocycles. The zero-order chi connectivity index (χ0) is 28.1. The van der Waals surface area contributed by atoms with E-state index in [0.717, 1.165) is 6.04 Å². The predicted octanol–water partition coefficient (Wildman–Crippen LogP) is 4.90. The zero-order valence-electron chi connectivity index (χ0n) is 23.3. The first-order valence-corrected chi connectivity index (χ1v) is 16.8. The number of hydrogen-bond acceptors (Lipinski definition) is 9. The number of piperidine rings is 1. The summed E-state index contributed by atoms with van der Waals surface area (Å²) in [6, 6.07) is 1.08. The number of aromatic nitrogens is 4. The first-order chi connectivity index (χ1) is 17.8. The molecule has 210 valence electrons. The van der Waals surface area contributed by atoms with Gasteiger partial charge in [0.15, 0.2) is 5.69 Å². The summed E-state index contributed by atoms with van der Waals surface area (Å²) >= 11 is 6.46. The van der Waals surface area contributed by atoms with Gasteiger partial charge in [-0.3, -0.25) is 0 Å². The molecule has 0 radical (unpaired) electrons. The molecule has 1 saturated heterocycles. The molecule has 1 amide bonds. The van der Waals surface area contributed by atoms with Crippen molar-refractivity contribution in [1.29, 1.82) is 0 Å². The van der Waals surface area contributed by atoms with Crippen molar-refractivity contribution in [2.75, 3.05) is 32.1 Å². The third-order valence-electron chi connectivity index (χ3n) is 5.84. The van der Waals surface area contributed by atoms with Gasteiger partial charge in [0.1, 0.15) is 12.3 Å². The minimum atomic E-state index is -1.22. The lowest BCUT2D eigenvalue weighted by Gasteiger charge is -2.33. The van der Waals surface area contributed by atoms with E-state index in [9.17, 15) is 9.59 Å². The molecular formula is C25H39ClN6O5Si. The molecule has 0 atom stereocenters. The van der Waals surface area contributed by atoms with E-state index >= 15 is 0 Å². The maximum atomic E-state index is 12.5. The Labute approximate surface area is 230 Å². The third kappa shape index (κ3) is 8.67. The Morgan fingerprint density at radius 2 is 1.89 bits per heavy atom. The van der Waals surface area contributed by atoms with Gasteiger partial charge < -0.3 is 24.4 Å². The van der Waals surface area contributed by atoms with Gasteiger partial charge in [0.25, 0.3) is 0 Å². The van der Waals surface area contributed by atoms with Gasteiger partial charge in [-0.05, 0) is 39.7 Å². The van der Waals surface area contributed by atoms with Crippen molar-refractivity contribution in [2.24, 2.45) is 0 Å². The van der Waals surface area contributed by atoms with Crippen molar-refractivity contribution in [3.63, 3.8) is 0 Å². The topological polar surface area (TPSA) is 121 Å². The fraction of sp³-hybridized carbons (Fsp3) is 0.640. The third-order valence-corrected chi connectivity index (χ3v) is 7.82. The molecule has 1 aliphatic rings. The smallest absolute Gasteiger partial charge is 0.410 e. The Balaban J connectivity index is 1.71. The molecule has 0 aliphatic carbocycles. The lowest BCUT2D eigenvalue weighted by molar-refractivity contribution is 0.0210. The molecule has 11 nitrogen and oxygen atoms in total. The van der Waals surface area contributed by atoms with Crippen LogP contribution in [0.1, 0.15) is 44.1 Å². The Kier molecular flexibility index (Phi) is 9.77. The van der Waals surface area contributed by atoms with E-state index in [1.54, 1.807) is 15.8 Å². The molecule has 0 saturated carbocycles. The molecule has 13 heteroatoms. The van der Waals surface area contributed by atoms with Gasteiger partial charge in [-0.15, -0.1) is 0 Å². The second kappa shape index (κ2) is 12.4. The van der Waals surface area contributed by atoms with E-state index in [2.05, 4.69) is 40.0 Å². The van der Waals surface area contributed by atoms with Crippen LogP contribution in [0.5, 0.6) is 0 Å². The van der Waals surface area contributed by atoms with Gasteiger partial charge in [-0.2, -0.15) is 5.10 Å². The summed E-state index contributed by atoms with van der Waals surface area (Å²) in [5, 5.41) is 7.97. The van der Waals surface area contributed by atoms with E-state index < -0.39 is 19.6 Å². The van der Waals surface area contributed by atoms with Crippen LogP contribution in [-0.2, 0) is 20.9 Å². The molecule has 2 aromatic rings. The first kappa shape index (κ1) is 29.8. The van der Waals surface area contributed by atoms with Gasteiger partial charge in [-0.1, -0.05) is 31.2 Å². The highest BCUT2D eigenvalue weighted by Gasteiger charge is 2.28. The zero-order valence-corrected chi connectivity index (χ0v) is 25.1. The van der Waals surface area contributed by atoms with Crippen molar-refractivity contribution >= 4 is 37.7 Å². The molecule has 3 heterocycles. The fourth-order valence-corrected chi connectivity index (χ4v) is 4.74. The molecule has 1 N–H and O–H groups in total. The van der Waals surface area contributed by atoms with E-state index in [4.69, 9.17) is 25.8 Å². The van der Waals surface area contributed by atoms with Crippen LogP contribution >= 0.6 is 11.6 Å². The maximum Gasteiger partial charge on any atom is 0.410 e. The standard InChI is InChI=1S/C25H39ClN6O5Si/c1-25(2,3)37-24(34)31-10-8-17(9-11-31)28-23-27-14-19(26)20(29-23)18-15-32(30-21(18)22(33)35-4)16-36-12-13-38(5,6)7/h14-15,17H,8-13,16H2,1-7H3,(H,27,28,29). The van der Waals surface area contributed by atoms with Crippen LogP contribution in [0.2, 0.25) is 30.7 Å². The van der Waals surface area contributed by atoms with E-state index in [1.807, 2.05) is 20.8 Å². The average molecular weight is 567 g/mol. The van der Waals surface area contributed by atoms with Crippen LogP contribution in [0.3, 0.4) is 0 Å². The summed E-state index contributed by atoms with van der Waals surface area (Å²) in [5.74, 6) is -0.227. The Morgan fingerprint density at radius 3 is 2.50 bits per heavy atom. The quantitative estimate of drug-likeness (QED) is 0.256. The number of carbonyl (C=O) groups excluding carboxylic acids is 2. The van der Waals surface area contributed by atoms with E-state index in [1.165, 1.54) is 13.3 Å². The van der Waals surface area contributed by atoms with Gasteiger partial charge in [-0.25, -0.2) is 24.2 Å². The fourth-order valence-electron chi connectivity index (χ4n) is 3.79. The van der Waals surface area contributed by atoms with E-state index in [0.29, 0.717) is 49.7 Å². The number of anilines is 1. The highest BCUT2D eigenvalue weighted by atomic mass is 35.5. The molecule has 0 unspecified atom stereocenters. The highest BCUT2D eigenvalue weighted by Crippen LogP contribution is 2.30. The SMILES string of the molecule is COC(=O)c1nn(COCC[Si](C)(C)C)cc1-c1nc(NC2CCN(C(=O)OC(C)(C)C)CC2)ncc1Cl. The normalized spacial score (nSPS) is 14.9. The molecular weight excluding hydrogens is 528 g/mol. The second-order valence-corrected chi connectivity index (χ2v) is 17.6. The van der Waals surface area contributed by atoms with Gasteiger partial charge in [0.05, 0.1) is 29.6 Å². The van der Waals surface area contributed by atoms with Gasteiger partial charge in [0.2, 0.25) is 5.95 Å². The molecule has 1 fully saturated rings. The summed E-state index contributed by atoms with van der Waals surface area (Å²) < 4.78 is 17.7.